The minimum Gasteiger partial charge on any atom is -0.456 e. The highest BCUT2D eigenvalue weighted by molar-refractivity contribution is 5.96. The molecular formula is C22H23F3N2O4. The van der Waals surface area contributed by atoms with Crippen molar-refractivity contribution in [1.29, 1.82) is 0 Å². The zero-order valence-electron chi connectivity index (χ0n) is 16.8. The van der Waals surface area contributed by atoms with Gasteiger partial charge >= 0.3 is 12.1 Å². The fourth-order valence-corrected chi connectivity index (χ4v) is 3.19. The van der Waals surface area contributed by atoms with Crippen LogP contribution >= 0.6 is 0 Å². The number of rotatable bonds is 7. The Balaban J connectivity index is 1.61. The number of hydrogen-bond acceptors (Lipinski definition) is 5. The van der Waals surface area contributed by atoms with Gasteiger partial charge in [-0.15, -0.1) is 0 Å². The van der Waals surface area contributed by atoms with Crippen LogP contribution in [-0.2, 0) is 31.7 Å². The Bertz CT molecular complexity index is 897. The Kier molecular flexibility index (Phi) is 7.51. The first-order valence-corrected chi connectivity index (χ1v) is 9.86. The lowest BCUT2D eigenvalue weighted by molar-refractivity contribution is -0.147. The van der Waals surface area contributed by atoms with Crippen LogP contribution < -0.4 is 10.2 Å². The van der Waals surface area contributed by atoms with Gasteiger partial charge in [0.05, 0.1) is 30.2 Å². The molecule has 1 aliphatic rings. The lowest BCUT2D eigenvalue weighted by Gasteiger charge is -2.31. The van der Waals surface area contributed by atoms with Crippen LogP contribution in [0.25, 0.3) is 0 Å². The lowest BCUT2D eigenvalue weighted by Crippen LogP contribution is -2.37. The fourth-order valence-electron chi connectivity index (χ4n) is 3.19. The SMILES string of the molecule is O=C(COC(=O)CCc1ccccc1)Nc1cc(C(F)(F)F)ccc1N1CCOCC1. The number of alkyl halides is 3. The van der Waals surface area contributed by atoms with E-state index in [9.17, 15) is 22.8 Å². The number of benzene rings is 2. The molecule has 0 spiro atoms. The smallest absolute Gasteiger partial charge is 0.416 e. The molecule has 6 nitrogen and oxygen atoms in total. The summed E-state index contributed by atoms with van der Waals surface area (Å²) in [7, 11) is 0. The molecule has 1 N–H and O–H groups in total. The van der Waals surface area contributed by atoms with Gasteiger partial charge in [0.1, 0.15) is 0 Å². The number of carbonyl (C=O) groups is 2. The molecule has 0 atom stereocenters. The molecule has 0 saturated carbocycles. The van der Waals surface area contributed by atoms with Gasteiger partial charge in [0, 0.05) is 19.5 Å². The quantitative estimate of drug-likeness (QED) is 0.671. The van der Waals surface area contributed by atoms with Gasteiger partial charge in [-0.3, -0.25) is 9.59 Å². The van der Waals surface area contributed by atoms with E-state index in [0.717, 1.165) is 17.7 Å². The van der Waals surface area contributed by atoms with Crippen LogP contribution in [0.5, 0.6) is 0 Å². The maximum Gasteiger partial charge on any atom is 0.416 e. The Morgan fingerprint density at radius 1 is 1.06 bits per heavy atom. The molecule has 0 aliphatic carbocycles. The van der Waals surface area contributed by atoms with Gasteiger partial charge in [0.2, 0.25) is 0 Å². The molecule has 0 unspecified atom stereocenters. The van der Waals surface area contributed by atoms with Crippen LogP contribution in [0.4, 0.5) is 24.5 Å². The number of nitrogens with one attached hydrogen (secondary N) is 1. The van der Waals surface area contributed by atoms with Gasteiger partial charge in [-0.05, 0) is 30.2 Å². The molecular weight excluding hydrogens is 413 g/mol. The molecule has 1 amide bonds. The highest BCUT2D eigenvalue weighted by Gasteiger charge is 2.32. The summed E-state index contributed by atoms with van der Waals surface area (Å²) in [6.07, 6.45) is -3.98. The summed E-state index contributed by atoms with van der Waals surface area (Å²) in [4.78, 5) is 26.0. The second-order valence-corrected chi connectivity index (χ2v) is 7.02. The highest BCUT2D eigenvalue weighted by Crippen LogP contribution is 2.35. The standard InChI is InChI=1S/C22H23F3N2O4/c23-22(24,25)17-7-8-19(27-10-12-30-13-11-27)18(14-17)26-20(28)15-31-21(29)9-6-16-4-2-1-3-5-16/h1-5,7-8,14H,6,9-13,15H2,(H,26,28). The number of nitrogens with zero attached hydrogens (tertiary/aromatic N) is 1. The van der Waals surface area contributed by atoms with Crippen LogP contribution in [0.15, 0.2) is 48.5 Å². The van der Waals surface area contributed by atoms with Crippen molar-refractivity contribution in [1.82, 2.24) is 0 Å². The Morgan fingerprint density at radius 2 is 1.77 bits per heavy atom. The fraction of sp³-hybridized carbons (Fsp3) is 0.364. The van der Waals surface area contributed by atoms with E-state index >= 15 is 0 Å². The summed E-state index contributed by atoms with van der Waals surface area (Å²) in [6, 6.07) is 12.5. The van der Waals surface area contributed by atoms with Crippen molar-refractivity contribution in [2.75, 3.05) is 43.1 Å². The van der Waals surface area contributed by atoms with Gasteiger partial charge in [0.25, 0.3) is 5.91 Å². The normalized spacial score (nSPS) is 14.2. The third-order valence-corrected chi connectivity index (χ3v) is 4.77. The predicted octanol–water partition coefficient (Wildman–Crippen LogP) is 3.66. The average Bonchev–Trinajstić information content (AvgIpc) is 2.77. The van der Waals surface area contributed by atoms with Crippen molar-refractivity contribution >= 4 is 23.3 Å². The Morgan fingerprint density at radius 3 is 2.45 bits per heavy atom. The topological polar surface area (TPSA) is 67.9 Å². The highest BCUT2D eigenvalue weighted by atomic mass is 19.4. The number of morpholine rings is 1. The molecule has 1 saturated heterocycles. The molecule has 1 heterocycles. The van der Waals surface area contributed by atoms with E-state index < -0.39 is 30.2 Å². The van der Waals surface area contributed by atoms with E-state index in [1.54, 1.807) is 0 Å². The summed E-state index contributed by atoms with van der Waals surface area (Å²) in [5.74, 6) is -1.27. The zero-order chi connectivity index (χ0) is 22.3. The summed E-state index contributed by atoms with van der Waals surface area (Å²) in [5, 5.41) is 2.45. The van der Waals surface area contributed by atoms with Gasteiger partial charge in [0.15, 0.2) is 6.61 Å². The monoisotopic (exact) mass is 436 g/mol. The van der Waals surface area contributed by atoms with E-state index in [1.165, 1.54) is 6.07 Å². The number of amides is 1. The molecule has 1 fully saturated rings. The number of anilines is 2. The third kappa shape index (κ3) is 6.71. The molecule has 0 bridgehead atoms. The number of hydrogen-bond donors (Lipinski definition) is 1. The molecule has 0 radical (unpaired) electrons. The zero-order valence-corrected chi connectivity index (χ0v) is 16.8. The summed E-state index contributed by atoms with van der Waals surface area (Å²) < 4.78 is 49.7. The van der Waals surface area contributed by atoms with Crippen molar-refractivity contribution in [2.45, 2.75) is 19.0 Å². The van der Waals surface area contributed by atoms with E-state index in [-0.39, 0.29) is 12.1 Å². The maximum atomic E-state index is 13.1. The first-order chi connectivity index (χ1) is 14.8. The Labute approximate surface area is 177 Å². The lowest BCUT2D eigenvalue weighted by atomic mass is 10.1. The molecule has 2 aromatic carbocycles. The Hall–Kier alpha value is -3.07. The summed E-state index contributed by atoms with van der Waals surface area (Å²) in [5.41, 5.74) is 0.560. The maximum absolute atomic E-state index is 13.1. The average molecular weight is 436 g/mol. The number of carbonyl (C=O) groups excluding carboxylic acids is 2. The minimum atomic E-state index is -4.55. The predicted molar refractivity (Wildman–Crippen MR) is 109 cm³/mol. The molecule has 0 aromatic heterocycles. The summed E-state index contributed by atoms with van der Waals surface area (Å²) in [6.45, 7) is 1.28. The van der Waals surface area contributed by atoms with E-state index in [2.05, 4.69) is 5.32 Å². The van der Waals surface area contributed by atoms with Crippen molar-refractivity contribution in [3.63, 3.8) is 0 Å². The van der Waals surface area contributed by atoms with Crippen LogP contribution in [0, 0.1) is 0 Å². The molecule has 31 heavy (non-hydrogen) atoms. The molecule has 2 aromatic rings. The number of esters is 1. The van der Waals surface area contributed by atoms with Crippen LogP contribution in [-0.4, -0.2) is 44.8 Å². The van der Waals surface area contributed by atoms with Gasteiger partial charge in [-0.25, -0.2) is 0 Å². The molecule has 1 aliphatic heterocycles. The van der Waals surface area contributed by atoms with Crippen LogP contribution in [0.2, 0.25) is 0 Å². The molecule has 166 valence electrons. The van der Waals surface area contributed by atoms with Crippen LogP contribution in [0.3, 0.4) is 0 Å². The largest absolute Gasteiger partial charge is 0.456 e. The van der Waals surface area contributed by atoms with Crippen molar-refractivity contribution in [3.05, 3.63) is 59.7 Å². The van der Waals surface area contributed by atoms with Crippen molar-refractivity contribution in [3.8, 4) is 0 Å². The number of ether oxygens (including phenoxy) is 2. The molecule has 3 rings (SSSR count). The van der Waals surface area contributed by atoms with Gasteiger partial charge < -0.3 is 19.7 Å². The first kappa shape index (κ1) is 22.6. The van der Waals surface area contributed by atoms with Crippen molar-refractivity contribution in [2.24, 2.45) is 0 Å². The van der Waals surface area contributed by atoms with Gasteiger partial charge in [-0.1, -0.05) is 30.3 Å². The minimum absolute atomic E-state index is 0.0158. The summed E-state index contributed by atoms with van der Waals surface area (Å²) >= 11 is 0. The molecule has 9 heteroatoms. The van der Waals surface area contributed by atoms with E-state index in [1.807, 2.05) is 35.2 Å². The van der Waals surface area contributed by atoms with Gasteiger partial charge in [-0.2, -0.15) is 13.2 Å². The number of aryl methyl sites for hydroxylation is 1. The van der Waals surface area contributed by atoms with Crippen LogP contribution in [0.1, 0.15) is 17.5 Å². The third-order valence-electron chi connectivity index (χ3n) is 4.77. The second-order valence-electron chi connectivity index (χ2n) is 7.02. The first-order valence-electron chi connectivity index (χ1n) is 9.86. The second kappa shape index (κ2) is 10.3. The van der Waals surface area contributed by atoms with E-state index in [4.69, 9.17) is 9.47 Å². The van der Waals surface area contributed by atoms with Crippen molar-refractivity contribution < 1.29 is 32.2 Å². The number of halogens is 3. The van der Waals surface area contributed by atoms with E-state index in [0.29, 0.717) is 38.4 Å².